The highest BCUT2D eigenvalue weighted by Crippen LogP contribution is 2.22. The van der Waals surface area contributed by atoms with Gasteiger partial charge in [-0.15, -0.1) is 0 Å². The number of rotatable bonds is 10. The molecule has 0 heterocycles. The van der Waals surface area contributed by atoms with Gasteiger partial charge in [-0.1, -0.05) is 35.9 Å². The lowest BCUT2D eigenvalue weighted by molar-refractivity contribution is 0.217. The molecule has 0 aromatic heterocycles. The first-order valence-corrected chi connectivity index (χ1v) is 9.62. The molecule has 5 heteroatoms. The third kappa shape index (κ3) is 6.39. The van der Waals surface area contributed by atoms with Crippen molar-refractivity contribution in [2.75, 3.05) is 31.7 Å². The van der Waals surface area contributed by atoms with Crippen LogP contribution in [-0.2, 0) is 0 Å². The summed E-state index contributed by atoms with van der Waals surface area (Å²) in [5, 5.41) is 4.06. The van der Waals surface area contributed by atoms with Crippen LogP contribution in [0.25, 0.3) is 0 Å². The molecular formula is C23H24ClNO3. The van der Waals surface area contributed by atoms with Gasteiger partial charge in [0.15, 0.2) is 0 Å². The fourth-order valence-electron chi connectivity index (χ4n) is 2.66. The van der Waals surface area contributed by atoms with Gasteiger partial charge in [0.1, 0.15) is 37.1 Å². The first-order valence-electron chi connectivity index (χ1n) is 9.24. The van der Waals surface area contributed by atoms with Crippen LogP contribution in [0.15, 0.2) is 72.8 Å². The van der Waals surface area contributed by atoms with Gasteiger partial charge in [-0.05, 0) is 55.0 Å². The highest BCUT2D eigenvalue weighted by molar-refractivity contribution is 6.30. The van der Waals surface area contributed by atoms with Crippen molar-refractivity contribution >= 4 is 17.3 Å². The van der Waals surface area contributed by atoms with Crippen LogP contribution < -0.4 is 19.5 Å². The van der Waals surface area contributed by atoms with Crippen molar-refractivity contribution in [2.45, 2.75) is 6.92 Å². The fraction of sp³-hybridized carbons (Fsp3) is 0.217. The third-order valence-electron chi connectivity index (χ3n) is 4.02. The van der Waals surface area contributed by atoms with E-state index < -0.39 is 0 Å². The third-order valence-corrected chi connectivity index (χ3v) is 4.26. The lowest BCUT2D eigenvalue weighted by Gasteiger charge is -2.12. The van der Waals surface area contributed by atoms with Crippen molar-refractivity contribution in [3.05, 3.63) is 83.4 Å². The number of hydrogen-bond acceptors (Lipinski definition) is 4. The van der Waals surface area contributed by atoms with Crippen molar-refractivity contribution in [3.63, 3.8) is 0 Å². The van der Waals surface area contributed by atoms with Crippen LogP contribution >= 0.6 is 11.6 Å². The zero-order valence-corrected chi connectivity index (χ0v) is 16.6. The first kappa shape index (κ1) is 19.9. The Hall–Kier alpha value is -2.85. The summed E-state index contributed by atoms with van der Waals surface area (Å²) in [6.45, 7) is 4.20. The smallest absolute Gasteiger partial charge is 0.122 e. The summed E-state index contributed by atoms with van der Waals surface area (Å²) >= 11 is 5.96. The molecule has 1 N–H and O–H groups in total. The molecule has 0 amide bonds. The minimum atomic E-state index is 0.483. The van der Waals surface area contributed by atoms with Gasteiger partial charge in [0.2, 0.25) is 0 Å². The Morgan fingerprint density at radius 1 is 0.750 bits per heavy atom. The summed E-state index contributed by atoms with van der Waals surface area (Å²) < 4.78 is 17.2. The Labute approximate surface area is 171 Å². The van der Waals surface area contributed by atoms with E-state index in [0.717, 1.165) is 28.5 Å². The SMILES string of the molecule is Cc1cc(Cl)ccc1OCCNc1cccc(OCCOc2ccccc2)c1. The minimum absolute atomic E-state index is 0.483. The maximum atomic E-state index is 5.96. The molecule has 0 atom stereocenters. The standard InChI is InChI=1S/C23H24ClNO3/c1-18-16-19(24)10-11-23(18)28-13-12-25-20-6-5-9-22(17-20)27-15-14-26-21-7-3-2-4-8-21/h2-11,16-17,25H,12-15H2,1H3. The van der Waals surface area contributed by atoms with E-state index in [1.165, 1.54) is 0 Å². The number of nitrogens with one attached hydrogen (secondary N) is 1. The average Bonchev–Trinajstić information content (AvgIpc) is 2.71. The second-order valence-electron chi connectivity index (χ2n) is 6.22. The molecule has 3 aromatic rings. The van der Waals surface area contributed by atoms with Crippen molar-refractivity contribution in [3.8, 4) is 17.2 Å². The highest BCUT2D eigenvalue weighted by atomic mass is 35.5. The van der Waals surface area contributed by atoms with Crippen molar-refractivity contribution in [1.29, 1.82) is 0 Å². The van der Waals surface area contributed by atoms with Gasteiger partial charge < -0.3 is 19.5 Å². The molecule has 0 saturated heterocycles. The molecule has 0 aliphatic carbocycles. The van der Waals surface area contributed by atoms with E-state index in [1.54, 1.807) is 0 Å². The lowest BCUT2D eigenvalue weighted by Crippen LogP contribution is -2.12. The Balaban J connectivity index is 1.38. The molecule has 4 nitrogen and oxygen atoms in total. The highest BCUT2D eigenvalue weighted by Gasteiger charge is 2.01. The Bertz CT molecular complexity index is 871. The number of anilines is 1. The normalized spacial score (nSPS) is 10.4. The van der Waals surface area contributed by atoms with Gasteiger partial charge in [0.25, 0.3) is 0 Å². The van der Waals surface area contributed by atoms with Crippen molar-refractivity contribution < 1.29 is 14.2 Å². The van der Waals surface area contributed by atoms with E-state index in [4.69, 9.17) is 25.8 Å². The minimum Gasteiger partial charge on any atom is -0.491 e. The van der Waals surface area contributed by atoms with Crippen LogP contribution in [0.5, 0.6) is 17.2 Å². The zero-order valence-electron chi connectivity index (χ0n) is 15.9. The van der Waals surface area contributed by atoms with Gasteiger partial charge in [0, 0.05) is 23.3 Å². The van der Waals surface area contributed by atoms with Crippen molar-refractivity contribution in [2.24, 2.45) is 0 Å². The van der Waals surface area contributed by atoms with Gasteiger partial charge in [-0.2, -0.15) is 0 Å². The molecule has 0 aliphatic rings. The number of benzene rings is 3. The largest absolute Gasteiger partial charge is 0.491 e. The fourth-order valence-corrected chi connectivity index (χ4v) is 2.89. The van der Waals surface area contributed by atoms with Gasteiger partial charge >= 0.3 is 0 Å². The molecule has 0 saturated carbocycles. The summed E-state index contributed by atoms with van der Waals surface area (Å²) in [5.41, 5.74) is 2.01. The molecule has 146 valence electrons. The van der Waals surface area contributed by atoms with E-state index in [9.17, 15) is 0 Å². The van der Waals surface area contributed by atoms with Crippen LogP contribution in [0.1, 0.15) is 5.56 Å². The monoisotopic (exact) mass is 397 g/mol. The lowest BCUT2D eigenvalue weighted by atomic mass is 10.2. The predicted octanol–water partition coefficient (Wildman–Crippen LogP) is 5.60. The Morgan fingerprint density at radius 3 is 2.29 bits per heavy atom. The number of para-hydroxylation sites is 1. The van der Waals surface area contributed by atoms with E-state index in [1.807, 2.05) is 79.7 Å². The summed E-state index contributed by atoms with van der Waals surface area (Å²) in [6.07, 6.45) is 0. The van der Waals surface area contributed by atoms with Gasteiger partial charge in [0.05, 0.1) is 0 Å². The van der Waals surface area contributed by atoms with Crippen LogP contribution in [-0.4, -0.2) is 26.4 Å². The Morgan fingerprint density at radius 2 is 1.50 bits per heavy atom. The molecule has 3 aromatic carbocycles. The second-order valence-corrected chi connectivity index (χ2v) is 6.66. The number of hydrogen-bond donors (Lipinski definition) is 1. The molecular weight excluding hydrogens is 374 g/mol. The molecule has 0 bridgehead atoms. The molecule has 0 unspecified atom stereocenters. The van der Waals surface area contributed by atoms with E-state index >= 15 is 0 Å². The average molecular weight is 398 g/mol. The second kappa shape index (κ2) is 10.5. The number of halogens is 1. The maximum Gasteiger partial charge on any atom is 0.122 e. The first-order chi connectivity index (χ1) is 13.7. The number of ether oxygens (including phenoxy) is 3. The van der Waals surface area contributed by atoms with Crippen LogP contribution in [0.2, 0.25) is 5.02 Å². The van der Waals surface area contributed by atoms with Gasteiger partial charge in [-0.3, -0.25) is 0 Å². The summed E-state index contributed by atoms with van der Waals surface area (Å²) in [4.78, 5) is 0. The van der Waals surface area contributed by atoms with E-state index in [0.29, 0.717) is 31.4 Å². The number of aryl methyl sites for hydroxylation is 1. The van der Waals surface area contributed by atoms with E-state index in [-0.39, 0.29) is 0 Å². The Kier molecular flexibility index (Phi) is 7.44. The van der Waals surface area contributed by atoms with Crippen LogP contribution in [0.3, 0.4) is 0 Å². The molecule has 0 aliphatic heterocycles. The topological polar surface area (TPSA) is 39.7 Å². The van der Waals surface area contributed by atoms with Gasteiger partial charge in [-0.25, -0.2) is 0 Å². The van der Waals surface area contributed by atoms with Crippen LogP contribution in [0, 0.1) is 6.92 Å². The zero-order chi connectivity index (χ0) is 19.6. The molecule has 0 spiro atoms. The maximum absolute atomic E-state index is 5.96. The molecule has 3 rings (SSSR count). The molecule has 0 radical (unpaired) electrons. The van der Waals surface area contributed by atoms with E-state index in [2.05, 4.69) is 5.32 Å². The predicted molar refractivity (Wildman–Crippen MR) is 114 cm³/mol. The summed E-state index contributed by atoms with van der Waals surface area (Å²) in [7, 11) is 0. The van der Waals surface area contributed by atoms with Crippen LogP contribution in [0.4, 0.5) is 5.69 Å². The quantitative estimate of drug-likeness (QED) is 0.452. The van der Waals surface area contributed by atoms with Crippen molar-refractivity contribution in [1.82, 2.24) is 0 Å². The summed E-state index contributed by atoms with van der Waals surface area (Å²) in [5.74, 6) is 2.50. The molecule has 0 fully saturated rings. The molecule has 28 heavy (non-hydrogen) atoms. The summed E-state index contributed by atoms with van der Waals surface area (Å²) in [6, 6.07) is 23.2.